The Labute approximate surface area is 443 Å². The Morgan fingerprint density at radius 3 is 1.81 bits per heavy atom. The van der Waals surface area contributed by atoms with Crippen LogP contribution in [-0.2, 0) is 36.8 Å². The molecule has 0 saturated carbocycles. The molecule has 0 spiro atoms. The first-order valence-corrected chi connectivity index (χ1v) is 24.2. The summed E-state index contributed by atoms with van der Waals surface area (Å²) in [5.74, 6) is 0.0938. The maximum atomic E-state index is 16.0. The average molecular weight is 1110 g/mol. The van der Waals surface area contributed by atoms with E-state index in [9.17, 15) is 55.0 Å². The minimum absolute atomic E-state index is 0.207. The van der Waals surface area contributed by atoms with Crippen molar-refractivity contribution in [1.29, 1.82) is 0 Å². The predicted molar refractivity (Wildman–Crippen MR) is 263 cm³/mol. The van der Waals surface area contributed by atoms with E-state index in [0.717, 1.165) is 89.9 Å². The summed E-state index contributed by atoms with van der Waals surface area (Å²) in [5, 5.41) is 18.6. The Kier molecular flexibility index (Phi) is 19.3. The summed E-state index contributed by atoms with van der Waals surface area (Å²) >= 11 is 0. The molecule has 6 rings (SSSR count). The first-order valence-electron chi connectivity index (χ1n) is 24.2. The van der Waals surface area contributed by atoms with E-state index >= 15 is 8.78 Å². The van der Waals surface area contributed by atoms with Crippen molar-refractivity contribution in [3.05, 3.63) is 113 Å². The fourth-order valence-electron chi connectivity index (χ4n) is 8.28. The summed E-state index contributed by atoms with van der Waals surface area (Å²) in [6.45, 7) is 4.93. The minimum Gasteiger partial charge on any atom is -0.453 e. The number of nitrogens with one attached hydrogen (secondary N) is 4. The summed E-state index contributed by atoms with van der Waals surface area (Å²) in [5.41, 5.74) is -4.08. The van der Waals surface area contributed by atoms with Crippen molar-refractivity contribution in [2.75, 3.05) is 65.1 Å². The van der Waals surface area contributed by atoms with Gasteiger partial charge in [-0.2, -0.15) is 26.3 Å². The number of methoxy groups -OCH3 is 2. The van der Waals surface area contributed by atoms with Crippen molar-refractivity contribution >= 4 is 29.8 Å². The number of amides is 4. The average Bonchev–Trinajstić information content (AvgIpc) is 3.40. The molecular weight excluding hydrogens is 1050 g/mol. The van der Waals surface area contributed by atoms with Crippen molar-refractivity contribution in [3.8, 4) is 23.1 Å². The predicted octanol–water partition coefficient (Wildman–Crippen LogP) is 6.03. The summed E-state index contributed by atoms with van der Waals surface area (Å²) in [4.78, 5) is 65.8. The van der Waals surface area contributed by atoms with Gasteiger partial charge in [-0.1, -0.05) is 24.0 Å². The number of piperazine rings is 1. The molecule has 2 aliphatic rings. The van der Waals surface area contributed by atoms with Gasteiger partial charge in [0.15, 0.2) is 0 Å². The van der Waals surface area contributed by atoms with Crippen LogP contribution in [0.15, 0.2) is 73.1 Å². The summed E-state index contributed by atoms with van der Waals surface area (Å²) in [6.07, 6.45) is -13.2. The van der Waals surface area contributed by atoms with Gasteiger partial charge in [-0.25, -0.2) is 32.8 Å². The van der Waals surface area contributed by atoms with Crippen LogP contribution in [0.25, 0.3) is 11.3 Å². The molecule has 4 amide bonds. The molecule has 78 heavy (non-hydrogen) atoms. The number of rotatable bonds is 18. The van der Waals surface area contributed by atoms with Crippen LogP contribution < -0.4 is 26.3 Å². The zero-order valence-electron chi connectivity index (χ0n) is 43.1. The fourth-order valence-corrected chi connectivity index (χ4v) is 8.28. The molecule has 2 aromatic heterocycles. The van der Waals surface area contributed by atoms with Crippen molar-refractivity contribution in [2.45, 2.75) is 83.3 Å². The third kappa shape index (κ3) is 14.9. The normalized spacial score (nSPS) is 16.1. The Morgan fingerprint density at radius 2 is 1.31 bits per heavy atom. The van der Waals surface area contributed by atoms with Crippen LogP contribution in [-0.4, -0.2) is 152 Å². The highest BCUT2D eigenvalue weighted by Crippen LogP contribution is 2.42. The number of alkyl halides is 6. The van der Waals surface area contributed by atoms with Gasteiger partial charge < -0.3 is 40.2 Å². The van der Waals surface area contributed by atoms with Gasteiger partial charge in [-0.15, -0.1) is 0 Å². The number of alkyl carbamates (subject to hydrolysis) is 2. The highest BCUT2D eigenvalue weighted by Gasteiger charge is 2.57. The van der Waals surface area contributed by atoms with E-state index in [-0.39, 0.29) is 16.8 Å². The molecule has 0 aliphatic carbocycles. The quantitative estimate of drug-likeness (QED) is 0.0440. The van der Waals surface area contributed by atoms with Crippen molar-refractivity contribution in [1.82, 2.24) is 41.3 Å². The molecule has 17 nitrogen and oxygen atoms in total. The molecule has 0 bridgehead atoms. The van der Waals surface area contributed by atoms with E-state index in [1.54, 1.807) is 23.6 Å². The molecule has 4 atom stereocenters. The number of hydrazine groups is 1. The fraction of sp³-hybridized carbons (Fsp3) is 0.462. The molecule has 422 valence electrons. The number of pyridine rings is 2. The molecule has 2 saturated heterocycles. The molecule has 5 N–H and O–H groups in total. The number of carbonyl (C=O) groups is 4. The highest BCUT2D eigenvalue weighted by atomic mass is 19.4. The molecule has 2 aromatic carbocycles. The molecule has 4 heterocycles. The molecular formula is C52H58F9N9O8. The third-order valence-electron chi connectivity index (χ3n) is 13.6. The number of hydrogen-bond acceptors (Lipinski definition) is 13. The van der Waals surface area contributed by atoms with Gasteiger partial charge in [-0.3, -0.25) is 24.9 Å². The van der Waals surface area contributed by atoms with E-state index in [4.69, 9.17) is 4.74 Å². The standard InChI is InChI=1S/C52H58F9N9O8/c1-49(2,51(56,57)58)43(65-47(74)76-5)45(72)64-40(21-31-10-7-30(8-11-31)9-12-32-13-14-42(63-25-32)69-19-17-68(18-20-69)35-28-78-29-35)41(71)27-70(67-46(73)44(66-48(75)77-6)50(3,4)52(59,60)61)26-36-37(54)22-33(23-38(36)55)39-24-34(53)15-16-62-39/h7-8,10-11,13-16,22-25,35,40-41,43-44,71H,17-21,26-29H2,1-6H3,(H,64,72)(H,65,74)(H,66,75)(H,67,73)/t40-,41-,43+,44+/m0/s1. The number of ether oxygens (including phenoxy) is 3. The van der Waals surface area contributed by atoms with Gasteiger partial charge in [0.1, 0.15) is 35.4 Å². The van der Waals surface area contributed by atoms with E-state index in [0.29, 0.717) is 49.9 Å². The van der Waals surface area contributed by atoms with Crippen LogP contribution in [0, 0.1) is 40.1 Å². The second-order valence-corrected chi connectivity index (χ2v) is 19.7. The molecule has 2 fully saturated rings. The molecule has 4 aromatic rings. The molecule has 26 heteroatoms. The van der Waals surface area contributed by atoms with Gasteiger partial charge in [0.05, 0.1) is 62.1 Å². The number of aliphatic hydroxyl groups excluding tert-OH is 1. The van der Waals surface area contributed by atoms with Crippen molar-refractivity contribution in [3.63, 3.8) is 0 Å². The third-order valence-corrected chi connectivity index (χ3v) is 13.6. The lowest BCUT2D eigenvalue weighted by Gasteiger charge is -2.42. The Balaban J connectivity index is 1.32. The maximum absolute atomic E-state index is 16.0. The van der Waals surface area contributed by atoms with Gasteiger partial charge >= 0.3 is 24.5 Å². The smallest absolute Gasteiger partial charge is 0.407 e. The van der Waals surface area contributed by atoms with Crippen LogP contribution >= 0.6 is 0 Å². The Morgan fingerprint density at radius 1 is 0.756 bits per heavy atom. The zero-order valence-corrected chi connectivity index (χ0v) is 43.1. The van der Waals surface area contributed by atoms with Crippen molar-refractivity contribution in [2.24, 2.45) is 10.8 Å². The number of halogens is 9. The van der Waals surface area contributed by atoms with E-state index < -0.39 is 114 Å². The molecule has 0 radical (unpaired) electrons. The van der Waals surface area contributed by atoms with Gasteiger partial charge in [-0.05, 0) is 82.1 Å². The van der Waals surface area contributed by atoms with E-state index in [1.165, 1.54) is 12.1 Å². The number of aromatic nitrogens is 2. The van der Waals surface area contributed by atoms with Gasteiger partial charge in [0.2, 0.25) is 5.91 Å². The molecule has 2 aliphatic heterocycles. The largest absolute Gasteiger partial charge is 0.453 e. The number of hydrogen-bond donors (Lipinski definition) is 5. The monoisotopic (exact) mass is 1110 g/mol. The summed E-state index contributed by atoms with van der Waals surface area (Å²) < 4.78 is 147. The van der Waals surface area contributed by atoms with Crippen LogP contribution in [0.1, 0.15) is 49.9 Å². The topological polar surface area (TPSA) is 200 Å². The lowest BCUT2D eigenvalue weighted by atomic mass is 9.82. The maximum Gasteiger partial charge on any atom is 0.407 e. The highest BCUT2D eigenvalue weighted by molar-refractivity contribution is 5.87. The lowest BCUT2D eigenvalue weighted by molar-refractivity contribution is -0.221. The van der Waals surface area contributed by atoms with Crippen LogP contribution in [0.2, 0.25) is 0 Å². The van der Waals surface area contributed by atoms with Crippen LogP contribution in [0.5, 0.6) is 0 Å². The Bertz CT molecular complexity index is 2790. The van der Waals surface area contributed by atoms with Gasteiger partial charge in [0.25, 0.3) is 5.91 Å². The molecule has 0 unspecified atom stereocenters. The first-order chi connectivity index (χ1) is 36.6. The number of carbonyl (C=O) groups excluding carboxylic acids is 4. The van der Waals surface area contributed by atoms with Crippen molar-refractivity contribution < 1.29 is 78.0 Å². The van der Waals surface area contributed by atoms with Crippen LogP contribution in [0.4, 0.5) is 54.9 Å². The number of nitrogens with zero attached hydrogens (tertiary/aromatic N) is 5. The van der Waals surface area contributed by atoms with Crippen LogP contribution in [0.3, 0.4) is 0 Å². The van der Waals surface area contributed by atoms with E-state index in [2.05, 4.69) is 51.8 Å². The number of anilines is 1. The number of benzene rings is 2. The van der Waals surface area contributed by atoms with E-state index in [1.807, 2.05) is 17.4 Å². The second kappa shape index (κ2) is 25.1. The summed E-state index contributed by atoms with van der Waals surface area (Å²) in [6, 6.07) is 6.80. The lowest BCUT2D eigenvalue weighted by Crippen LogP contribution is -2.63. The van der Waals surface area contributed by atoms with Gasteiger partial charge in [0, 0.05) is 80.0 Å². The number of aliphatic hydroxyl groups is 1. The Hall–Kier alpha value is -7.21. The first kappa shape index (κ1) is 60.0. The zero-order chi connectivity index (χ0) is 57.3. The SMILES string of the molecule is COC(=O)N[C@H](C(=O)N[C@@H](Cc1ccc(C#Cc2ccc(N3CCN(C4COC4)CC3)nc2)cc1)[C@@H](O)CN(Cc1c(F)cc(-c2cc(F)ccn2)cc1F)NC(=O)[C@@H](NC(=O)OC)C(C)(C)C(F)(F)F)C(C)(C)C(F)(F)F. The second-order valence-electron chi connectivity index (χ2n) is 19.7. The minimum atomic E-state index is -5.21. The summed E-state index contributed by atoms with van der Waals surface area (Å²) in [7, 11) is 1.63.